The quantitative estimate of drug-likeness (QED) is 0.701. The van der Waals surface area contributed by atoms with E-state index in [1.165, 1.54) is 25.2 Å². The summed E-state index contributed by atoms with van der Waals surface area (Å²) in [4.78, 5) is 8.22. The first-order chi connectivity index (χ1) is 13.2. The molecule has 0 bridgehead atoms. The van der Waals surface area contributed by atoms with Crippen LogP contribution in [0.4, 0.5) is 13.2 Å². The zero-order chi connectivity index (χ0) is 20.4. The minimum absolute atomic E-state index is 0.0692. The third-order valence-electron chi connectivity index (χ3n) is 4.12. The Hall–Kier alpha value is -2.78. The molecule has 0 aliphatic heterocycles. The largest absolute Gasteiger partial charge is 0.417 e. The molecule has 0 saturated heterocycles. The number of sulfonamides is 1. The van der Waals surface area contributed by atoms with Crippen molar-refractivity contribution < 1.29 is 21.6 Å². The fourth-order valence-corrected chi connectivity index (χ4v) is 3.40. The highest BCUT2D eigenvalue weighted by Gasteiger charge is 2.30. The first kappa shape index (κ1) is 20.0. The van der Waals surface area contributed by atoms with Crippen LogP contribution in [-0.4, -0.2) is 25.4 Å². The van der Waals surface area contributed by atoms with Gasteiger partial charge in [0.25, 0.3) is 0 Å². The molecule has 0 aliphatic rings. The predicted molar refractivity (Wildman–Crippen MR) is 98.0 cm³/mol. The normalized spacial score (nSPS) is 12.1. The summed E-state index contributed by atoms with van der Waals surface area (Å²) in [6.07, 6.45) is -1.86. The first-order valence-electron chi connectivity index (χ1n) is 8.21. The number of alkyl halides is 3. The monoisotopic (exact) mass is 407 g/mol. The Kier molecular flexibility index (Phi) is 5.48. The van der Waals surface area contributed by atoms with Crippen LogP contribution in [0.3, 0.4) is 0 Å². The zero-order valence-electron chi connectivity index (χ0n) is 14.7. The lowest BCUT2D eigenvalue weighted by molar-refractivity contribution is -0.137. The molecule has 0 radical (unpaired) electrons. The van der Waals surface area contributed by atoms with Gasteiger partial charge in [0.2, 0.25) is 10.0 Å². The zero-order valence-corrected chi connectivity index (χ0v) is 15.6. The van der Waals surface area contributed by atoms with Gasteiger partial charge in [-0.2, -0.15) is 13.2 Å². The molecule has 3 aromatic rings. The van der Waals surface area contributed by atoms with E-state index in [0.717, 1.165) is 12.3 Å². The van der Waals surface area contributed by atoms with Crippen molar-refractivity contribution in [2.75, 3.05) is 7.05 Å². The molecule has 2 heterocycles. The van der Waals surface area contributed by atoms with Crippen LogP contribution < -0.4 is 4.72 Å². The van der Waals surface area contributed by atoms with Gasteiger partial charge >= 0.3 is 6.18 Å². The van der Waals surface area contributed by atoms with Gasteiger partial charge in [0.1, 0.15) is 0 Å². The summed E-state index contributed by atoms with van der Waals surface area (Å²) in [6, 6.07) is 12.1. The molecular weight excluding hydrogens is 391 g/mol. The molecule has 0 amide bonds. The summed E-state index contributed by atoms with van der Waals surface area (Å²) in [6.45, 7) is 0. The van der Waals surface area contributed by atoms with E-state index in [1.807, 2.05) is 0 Å². The number of nitrogens with zero attached hydrogens (tertiary/aromatic N) is 2. The Balaban J connectivity index is 2.03. The van der Waals surface area contributed by atoms with E-state index >= 15 is 0 Å². The average molecular weight is 407 g/mol. The van der Waals surface area contributed by atoms with Crippen molar-refractivity contribution in [1.82, 2.24) is 14.7 Å². The number of aromatic nitrogens is 2. The van der Waals surface area contributed by atoms with Crippen molar-refractivity contribution >= 4 is 10.0 Å². The lowest BCUT2D eigenvalue weighted by Crippen LogP contribution is -2.18. The van der Waals surface area contributed by atoms with Crippen molar-refractivity contribution in [2.24, 2.45) is 0 Å². The van der Waals surface area contributed by atoms with Crippen LogP contribution in [0.25, 0.3) is 11.3 Å². The van der Waals surface area contributed by atoms with E-state index < -0.39 is 21.8 Å². The minimum atomic E-state index is -4.45. The van der Waals surface area contributed by atoms with Crippen LogP contribution in [0.15, 0.2) is 65.8 Å². The number of benzene rings is 1. The smallest absolute Gasteiger partial charge is 0.260 e. The van der Waals surface area contributed by atoms with Crippen molar-refractivity contribution in [1.29, 1.82) is 0 Å². The highest BCUT2D eigenvalue weighted by atomic mass is 32.2. The Morgan fingerprint density at radius 3 is 2.39 bits per heavy atom. The van der Waals surface area contributed by atoms with Gasteiger partial charge < -0.3 is 0 Å². The van der Waals surface area contributed by atoms with E-state index in [-0.39, 0.29) is 11.3 Å². The van der Waals surface area contributed by atoms with Crippen LogP contribution >= 0.6 is 0 Å². The van der Waals surface area contributed by atoms with Gasteiger partial charge in [-0.25, -0.2) is 13.1 Å². The molecule has 9 heteroatoms. The first-order valence-corrected chi connectivity index (χ1v) is 9.69. The Morgan fingerprint density at radius 1 is 1.04 bits per heavy atom. The SMILES string of the molecule is CNS(=O)(=O)c1ccc(Cc2ccc(C(F)(F)F)cn2)c(-c2ccccn2)c1. The van der Waals surface area contributed by atoms with Gasteiger partial charge in [0, 0.05) is 30.1 Å². The van der Waals surface area contributed by atoms with E-state index in [1.54, 1.807) is 30.5 Å². The van der Waals surface area contributed by atoms with Crippen LogP contribution in [0.5, 0.6) is 0 Å². The summed E-state index contributed by atoms with van der Waals surface area (Å²) < 4.78 is 64.7. The maximum absolute atomic E-state index is 12.7. The van der Waals surface area contributed by atoms with E-state index in [2.05, 4.69) is 14.7 Å². The molecule has 0 atom stereocenters. The standard InChI is InChI=1S/C19H16F3N3O2S/c1-23-28(26,27)16-8-5-13(17(11-16)18-4-2-3-9-24-18)10-15-7-6-14(12-25-15)19(20,21)22/h2-9,11-12,23H,10H2,1H3. The topological polar surface area (TPSA) is 72.0 Å². The number of hydrogen-bond donors (Lipinski definition) is 1. The average Bonchev–Trinajstić information content (AvgIpc) is 2.68. The third-order valence-corrected chi connectivity index (χ3v) is 5.54. The van der Waals surface area contributed by atoms with Crippen molar-refractivity contribution in [3.8, 4) is 11.3 Å². The molecule has 0 fully saturated rings. The van der Waals surface area contributed by atoms with Gasteiger partial charge in [-0.1, -0.05) is 12.1 Å². The maximum atomic E-state index is 12.7. The molecule has 28 heavy (non-hydrogen) atoms. The number of halogens is 3. The van der Waals surface area contributed by atoms with Crippen molar-refractivity contribution in [2.45, 2.75) is 17.5 Å². The Morgan fingerprint density at radius 2 is 1.82 bits per heavy atom. The summed E-state index contributed by atoms with van der Waals surface area (Å²) in [5, 5.41) is 0. The molecule has 146 valence electrons. The maximum Gasteiger partial charge on any atom is 0.417 e. The second-order valence-electron chi connectivity index (χ2n) is 5.95. The van der Waals surface area contributed by atoms with E-state index in [9.17, 15) is 21.6 Å². The molecule has 0 aliphatic carbocycles. The molecule has 0 spiro atoms. The molecule has 3 rings (SSSR count). The number of nitrogens with one attached hydrogen (secondary N) is 1. The van der Waals surface area contributed by atoms with E-state index in [4.69, 9.17) is 0 Å². The van der Waals surface area contributed by atoms with Crippen LogP contribution in [-0.2, 0) is 22.6 Å². The Bertz CT molecular complexity index is 1070. The molecule has 5 nitrogen and oxygen atoms in total. The molecule has 2 aromatic heterocycles. The minimum Gasteiger partial charge on any atom is -0.260 e. The number of pyridine rings is 2. The fraction of sp³-hybridized carbons (Fsp3) is 0.158. The molecular formula is C19H16F3N3O2S. The number of rotatable bonds is 5. The van der Waals surface area contributed by atoms with E-state index in [0.29, 0.717) is 22.5 Å². The van der Waals surface area contributed by atoms with Gasteiger partial charge in [-0.3, -0.25) is 9.97 Å². The second-order valence-corrected chi connectivity index (χ2v) is 7.84. The van der Waals surface area contributed by atoms with Crippen LogP contribution in [0.1, 0.15) is 16.8 Å². The van der Waals surface area contributed by atoms with Gasteiger partial charge in [-0.05, 0) is 49.0 Å². The third kappa shape index (κ3) is 4.37. The van der Waals surface area contributed by atoms with Crippen molar-refractivity contribution in [3.05, 3.63) is 77.7 Å². The van der Waals surface area contributed by atoms with Gasteiger partial charge in [0.15, 0.2) is 0 Å². The lowest BCUT2D eigenvalue weighted by Gasteiger charge is -2.12. The summed E-state index contributed by atoms with van der Waals surface area (Å²) in [5.41, 5.74) is 1.42. The van der Waals surface area contributed by atoms with Crippen LogP contribution in [0.2, 0.25) is 0 Å². The molecule has 0 unspecified atom stereocenters. The van der Waals surface area contributed by atoms with Crippen LogP contribution in [0, 0.1) is 0 Å². The Labute approximate surface area is 160 Å². The predicted octanol–water partition coefficient (Wildman–Crippen LogP) is 3.66. The molecule has 1 N–H and O–H groups in total. The highest BCUT2D eigenvalue weighted by Crippen LogP contribution is 2.30. The molecule has 1 aromatic carbocycles. The summed E-state index contributed by atoms with van der Waals surface area (Å²) >= 11 is 0. The summed E-state index contributed by atoms with van der Waals surface area (Å²) in [7, 11) is -2.34. The van der Waals surface area contributed by atoms with Crippen molar-refractivity contribution in [3.63, 3.8) is 0 Å². The fourth-order valence-electron chi connectivity index (χ4n) is 2.65. The lowest BCUT2D eigenvalue weighted by atomic mass is 9.99. The summed E-state index contributed by atoms with van der Waals surface area (Å²) in [5.74, 6) is 0. The highest BCUT2D eigenvalue weighted by molar-refractivity contribution is 7.89. The number of hydrogen-bond acceptors (Lipinski definition) is 4. The van der Waals surface area contributed by atoms with Gasteiger partial charge in [0.05, 0.1) is 16.2 Å². The molecule has 0 saturated carbocycles. The second kappa shape index (κ2) is 7.69. The van der Waals surface area contributed by atoms with Gasteiger partial charge in [-0.15, -0.1) is 0 Å².